The van der Waals surface area contributed by atoms with Crippen LogP contribution in [0, 0.1) is 5.92 Å². The Hall–Kier alpha value is -3.17. The number of nitrogens with one attached hydrogen (secondary N) is 2. The van der Waals surface area contributed by atoms with Crippen LogP contribution in [0.25, 0.3) is 0 Å². The number of methoxy groups -OCH3 is 1. The molecule has 2 aliphatic rings. The van der Waals surface area contributed by atoms with Crippen molar-refractivity contribution in [3.8, 4) is 5.75 Å². The standard InChI is InChI=1S/C26H22ClF3N2O3S/c1-35-17-5-2-4-15(12-17)25-20-7-3-6-19(20)21-14-18(9-11-24(21)31-25)36(33,34)32-16-8-10-23(27)22(13-16)26(28,29)30/h2-6,8-14,19-20,25,31-32H,7H2,1H3/t19-,20+,25+/m0/s1. The summed E-state index contributed by atoms with van der Waals surface area (Å²) in [5, 5.41) is 3.04. The Morgan fingerprint density at radius 2 is 1.89 bits per heavy atom. The van der Waals surface area contributed by atoms with Crippen molar-refractivity contribution in [2.24, 2.45) is 5.92 Å². The minimum absolute atomic E-state index is 0.00281. The molecular formula is C26H22ClF3N2O3S. The molecule has 0 amide bonds. The van der Waals surface area contributed by atoms with Gasteiger partial charge >= 0.3 is 6.18 Å². The fraction of sp³-hybridized carbons (Fsp3) is 0.231. The highest BCUT2D eigenvalue weighted by Crippen LogP contribution is 2.50. The van der Waals surface area contributed by atoms with Crippen LogP contribution >= 0.6 is 11.6 Å². The molecule has 0 unspecified atom stereocenters. The number of fused-ring (bicyclic) bond motifs is 3. The molecule has 0 fully saturated rings. The third kappa shape index (κ3) is 4.53. The van der Waals surface area contributed by atoms with E-state index in [4.69, 9.17) is 16.3 Å². The number of halogens is 4. The predicted octanol–water partition coefficient (Wildman–Crippen LogP) is 6.99. The van der Waals surface area contributed by atoms with Crippen molar-refractivity contribution in [3.63, 3.8) is 0 Å². The van der Waals surface area contributed by atoms with Gasteiger partial charge in [-0.2, -0.15) is 13.2 Å². The fourth-order valence-electron chi connectivity index (χ4n) is 4.92. The maximum Gasteiger partial charge on any atom is 0.417 e. The second kappa shape index (κ2) is 9.05. The van der Waals surface area contributed by atoms with Gasteiger partial charge in [-0.1, -0.05) is 35.9 Å². The van der Waals surface area contributed by atoms with Crippen LogP contribution in [0.1, 0.15) is 35.1 Å². The summed E-state index contributed by atoms with van der Waals surface area (Å²) in [5.74, 6) is 0.909. The first-order valence-electron chi connectivity index (χ1n) is 11.2. The Labute approximate surface area is 212 Å². The van der Waals surface area contributed by atoms with E-state index in [9.17, 15) is 21.6 Å². The van der Waals surface area contributed by atoms with Gasteiger partial charge in [-0.05, 0) is 72.0 Å². The van der Waals surface area contributed by atoms with Crippen molar-refractivity contribution in [2.45, 2.75) is 29.5 Å². The lowest BCUT2D eigenvalue weighted by molar-refractivity contribution is -0.137. The molecule has 10 heteroatoms. The average Bonchev–Trinajstić information content (AvgIpc) is 3.34. The molecular weight excluding hydrogens is 513 g/mol. The highest BCUT2D eigenvalue weighted by atomic mass is 35.5. The van der Waals surface area contributed by atoms with Gasteiger partial charge in [0.1, 0.15) is 5.75 Å². The van der Waals surface area contributed by atoms with Crippen molar-refractivity contribution in [1.82, 2.24) is 0 Å². The van der Waals surface area contributed by atoms with Gasteiger partial charge in [0.25, 0.3) is 10.0 Å². The van der Waals surface area contributed by atoms with E-state index >= 15 is 0 Å². The summed E-state index contributed by atoms with van der Waals surface area (Å²) in [4.78, 5) is -0.0366. The molecule has 5 nitrogen and oxygen atoms in total. The van der Waals surface area contributed by atoms with E-state index in [1.54, 1.807) is 19.2 Å². The maximum absolute atomic E-state index is 13.2. The first kappa shape index (κ1) is 24.5. The molecule has 0 bridgehead atoms. The molecule has 3 aromatic rings. The zero-order chi connectivity index (χ0) is 25.7. The number of benzene rings is 3. The molecule has 0 radical (unpaired) electrons. The van der Waals surface area contributed by atoms with E-state index in [1.165, 1.54) is 12.1 Å². The summed E-state index contributed by atoms with van der Waals surface area (Å²) >= 11 is 5.66. The van der Waals surface area contributed by atoms with E-state index < -0.39 is 26.8 Å². The molecule has 0 saturated carbocycles. The Bertz CT molecular complexity index is 1460. The monoisotopic (exact) mass is 534 g/mol. The predicted molar refractivity (Wildman–Crippen MR) is 133 cm³/mol. The Morgan fingerprint density at radius 3 is 2.64 bits per heavy atom. The Kier molecular flexibility index (Phi) is 6.16. The van der Waals surface area contributed by atoms with E-state index in [0.29, 0.717) is 6.07 Å². The highest BCUT2D eigenvalue weighted by molar-refractivity contribution is 7.92. The number of ether oxygens (including phenoxy) is 1. The number of anilines is 2. The van der Waals surface area contributed by atoms with Crippen LogP contribution < -0.4 is 14.8 Å². The SMILES string of the molecule is COc1cccc([C@H]2Nc3ccc(S(=O)(=O)Nc4ccc(Cl)c(C(F)(F)F)c4)cc3[C@H]3C=CC[C@H]32)c1. The fourth-order valence-corrected chi connectivity index (χ4v) is 6.23. The van der Waals surface area contributed by atoms with Crippen LogP contribution in [0.15, 0.2) is 77.7 Å². The van der Waals surface area contributed by atoms with Crippen LogP contribution in [0.3, 0.4) is 0 Å². The van der Waals surface area contributed by atoms with Gasteiger partial charge in [-0.25, -0.2) is 8.42 Å². The van der Waals surface area contributed by atoms with E-state index in [0.717, 1.165) is 35.1 Å². The molecule has 188 valence electrons. The Balaban J connectivity index is 1.47. The van der Waals surface area contributed by atoms with Crippen molar-refractivity contribution in [3.05, 3.63) is 94.5 Å². The van der Waals surface area contributed by atoms with Crippen molar-refractivity contribution in [2.75, 3.05) is 17.1 Å². The van der Waals surface area contributed by atoms with Crippen molar-refractivity contribution in [1.29, 1.82) is 0 Å². The van der Waals surface area contributed by atoms with Gasteiger partial charge < -0.3 is 10.1 Å². The zero-order valence-corrected chi connectivity index (χ0v) is 20.6. The van der Waals surface area contributed by atoms with Gasteiger partial charge in [0.2, 0.25) is 0 Å². The van der Waals surface area contributed by atoms with E-state index in [1.807, 2.05) is 24.3 Å². The number of hydrogen-bond acceptors (Lipinski definition) is 4. The van der Waals surface area contributed by atoms with Crippen molar-refractivity contribution < 1.29 is 26.3 Å². The summed E-state index contributed by atoms with van der Waals surface area (Å²) in [6, 6.07) is 15.5. The van der Waals surface area contributed by atoms with Crippen LogP contribution in [-0.2, 0) is 16.2 Å². The number of hydrogen-bond donors (Lipinski definition) is 2. The van der Waals surface area contributed by atoms with E-state index in [2.05, 4.69) is 22.2 Å². The molecule has 3 aromatic carbocycles. The first-order chi connectivity index (χ1) is 17.1. The quantitative estimate of drug-likeness (QED) is 0.346. The normalized spacial score (nSPS) is 20.9. The summed E-state index contributed by atoms with van der Waals surface area (Å²) in [5.41, 5.74) is 1.37. The number of sulfonamides is 1. The minimum atomic E-state index is -4.71. The molecule has 5 rings (SSSR count). The summed E-state index contributed by atoms with van der Waals surface area (Å²) < 4.78 is 73.5. The van der Waals surface area contributed by atoms with Crippen LogP contribution in [0.2, 0.25) is 5.02 Å². The van der Waals surface area contributed by atoms with Crippen molar-refractivity contribution >= 4 is 33.0 Å². The van der Waals surface area contributed by atoms with Gasteiger partial charge in [-0.15, -0.1) is 0 Å². The smallest absolute Gasteiger partial charge is 0.417 e. The lowest BCUT2D eigenvalue weighted by Crippen LogP contribution is -2.29. The molecule has 0 aromatic heterocycles. The second-order valence-corrected chi connectivity index (χ2v) is 10.9. The minimum Gasteiger partial charge on any atom is -0.497 e. The molecule has 1 heterocycles. The first-order valence-corrected chi connectivity index (χ1v) is 13.0. The number of allylic oxidation sites excluding steroid dienone is 2. The topological polar surface area (TPSA) is 67.4 Å². The summed E-state index contributed by atoms with van der Waals surface area (Å²) in [7, 11) is -2.54. The summed E-state index contributed by atoms with van der Waals surface area (Å²) in [6.07, 6.45) is 0.277. The molecule has 1 aliphatic carbocycles. The molecule has 1 aliphatic heterocycles. The molecule has 3 atom stereocenters. The van der Waals surface area contributed by atoms with Crippen LogP contribution in [0.4, 0.5) is 24.5 Å². The molecule has 2 N–H and O–H groups in total. The zero-order valence-electron chi connectivity index (χ0n) is 19.0. The van der Waals surface area contributed by atoms with Gasteiger partial charge in [0.15, 0.2) is 0 Å². The molecule has 36 heavy (non-hydrogen) atoms. The molecule has 0 spiro atoms. The van der Waals surface area contributed by atoms with Gasteiger partial charge in [0, 0.05) is 17.3 Å². The van der Waals surface area contributed by atoms with Crippen LogP contribution in [0.5, 0.6) is 5.75 Å². The third-order valence-electron chi connectivity index (χ3n) is 6.62. The third-order valence-corrected chi connectivity index (χ3v) is 8.33. The average molecular weight is 535 g/mol. The number of rotatable bonds is 5. The van der Waals surface area contributed by atoms with Gasteiger partial charge in [-0.3, -0.25) is 4.72 Å². The van der Waals surface area contributed by atoms with Crippen LogP contribution in [-0.4, -0.2) is 15.5 Å². The largest absolute Gasteiger partial charge is 0.497 e. The Morgan fingerprint density at radius 1 is 1.08 bits per heavy atom. The molecule has 0 saturated heterocycles. The highest BCUT2D eigenvalue weighted by Gasteiger charge is 2.39. The number of alkyl halides is 3. The lowest BCUT2D eigenvalue weighted by atomic mass is 9.77. The summed E-state index contributed by atoms with van der Waals surface area (Å²) in [6.45, 7) is 0. The maximum atomic E-state index is 13.2. The second-order valence-electron chi connectivity index (χ2n) is 8.80. The lowest BCUT2D eigenvalue weighted by Gasteiger charge is -2.37. The van der Waals surface area contributed by atoms with E-state index in [-0.39, 0.29) is 28.5 Å². The van der Waals surface area contributed by atoms with Gasteiger partial charge in [0.05, 0.1) is 28.6 Å².